The molecule has 2 aromatic carbocycles. The highest BCUT2D eigenvalue weighted by Gasteiger charge is 2.17. The van der Waals surface area contributed by atoms with Gasteiger partial charge in [0.25, 0.3) is 5.91 Å². The van der Waals surface area contributed by atoms with E-state index in [0.29, 0.717) is 24.3 Å². The first-order valence-electron chi connectivity index (χ1n) is 9.09. The lowest BCUT2D eigenvalue weighted by Crippen LogP contribution is -2.25. The van der Waals surface area contributed by atoms with E-state index in [1.54, 1.807) is 23.0 Å². The van der Waals surface area contributed by atoms with Gasteiger partial charge in [-0.1, -0.05) is 54.9 Å². The minimum Gasteiger partial charge on any atom is -0.347 e. The molecule has 5 nitrogen and oxygen atoms in total. The van der Waals surface area contributed by atoms with Crippen LogP contribution in [0.25, 0.3) is 16.8 Å². The van der Waals surface area contributed by atoms with Gasteiger partial charge < -0.3 is 5.32 Å². The van der Waals surface area contributed by atoms with Crippen LogP contribution in [0, 0.1) is 0 Å². The fourth-order valence-corrected chi connectivity index (χ4v) is 3.29. The quantitative estimate of drug-likeness (QED) is 0.544. The van der Waals surface area contributed by atoms with Gasteiger partial charge in [0.05, 0.1) is 11.9 Å². The molecular formula is C22H19ClN4O. The van der Waals surface area contributed by atoms with Gasteiger partial charge in [-0.05, 0) is 35.2 Å². The van der Waals surface area contributed by atoms with Gasteiger partial charge in [0.1, 0.15) is 5.69 Å². The normalized spacial score (nSPS) is 10.9. The number of halogens is 1. The van der Waals surface area contributed by atoms with E-state index in [0.717, 1.165) is 27.4 Å². The monoisotopic (exact) mass is 390 g/mol. The van der Waals surface area contributed by atoms with Crippen LogP contribution in [-0.2, 0) is 13.0 Å². The molecular weight excluding hydrogens is 372 g/mol. The maximum atomic E-state index is 12.8. The predicted octanol–water partition coefficient (Wildman–Crippen LogP) is 4.54. The Bertz CT molecular complexity index is 1120. The number of fused-ring (bicyclic) bond motifs is 1. The van der Waals surface area contributed by atoms with Crippen molar-refractivity contribution in [3.8, 4) is 11.1 Å². The van der Waals surface area contributed by atoms with Gasteiger partial charge in [-0.25, -0.2) is 4.98 Å². The van der Waals surface area contributed by atoms with Crippen LogP contribution >= 0.6 is 11.6 Å². The SMILES string of the molecule is CCc1nc2cnccn2c1C(=O)NCc1ccc(-c2ccc(Cl)cc2)cc1. The molecule has 0 aliphatic carbocycles. The molecule has 0 spiro atoms. The van der Waals surface area contributed by atoms with Crippen molar-refractivity contribution in [2.75, 3.05) is 0 Å². The van der Waals surface area contributed by atoms with E-state index < -0.39 is 0 Å². The minimum absolute atomic E-state index is 0.141. The van der Waals surface area contributed by atoms with Crippen LogP contribution < -0.4 is 5.32 Å². The number of nitrogens with zero attached hydrogens (tertiary/aromatic N) is 3. The Morgan fingerprint density at radius 2 is 1.75 bits per heavy atom. The second kappa shape index (κ2) is 7.82. The summed E-state index contributed by atoms with van der Waals surface area (Å²) in [7, 11) is 0. The molecule has 1 amide bonds. The molecule has 0 fully saturated rings. The van der Waals surface area contributed by atoms with Crippen LogP contribution in [0.3, 0.4) is 0 Å². The molecule has 0 atom stereocenters. The summed E-state index contributed by atoms with van der Waals surface area (Å²) in [6.07, 6.45) is 5.75. The molecule has 4 rings (SSSR count). The summed E-state index contributed by atoms with van der Waals surface area (Å²) in [5.74, 6) is -0.141. The topological polar surface area (TPSA) is 59.3 Å². The highest BCUT2D eigenvalue weighted by Crippen LogP contribution is 2.22. The summed E-state index contributed by atoms with van der Waals surface area (Å²) < 4.78 is 1.78. The Kier molecular flexibility index (Phi) is 5.08. The van der Waals surface area contributed by atoms with Gasteiger partial charge >= 0.3 is 0 Å². The molecule has 0 saturated carbocycles. The van der Waals surface area contributed by atoms with Crippen molar-refractivity contribution in [2.24, 2.45) is 0 Å². The molecule has 28 heavy (non-hydrogen) atoms. The van der Waals surface area contributed by atoms with E-state index in [-0.39, 0.29) is 5.91 Å². The number of rotatable bonds is 5. The molecule has 1 N–H and O–H groups in total. The van der Waals surface area contributed by atoms with Crippen molar-refractivity contribution < 1.29 is 4.79 Å². The standard InChI is InChI=1S/C22H19ClN4O/c1-2-19-21(27-12-11-24-14-20(27)26-19)22(28)25-13-15-3-5-16(6-4-15)17-7-9-18(23)10-8-17/h3-12,14H,2,13H2,1H3,(H,25,28). The fraction of sp³-hybridized carbons (Fsp3) is 0.136. The zero-order valence-corrected chi connectivity index (χ0v) is 16.1. The number of hydrogen-bond acceptors (Lipinski definition) is 3. The zero-order chi connectivity index (χ0) is 19.5. The second-order valence-corrected chi connectivity index (χ2v) is 6.89. The predicted molar refractivity (Wildman–Crippen MR) is 110 cm³/mol. The van der Waals surface area contributed by atoms with E-state index in [1.807, 2.05) is 55.5 Å². The summed E-state index contributed by atoms with van der Waals surface area (Å²) in [6.45, 7) is 2.43. The average Bonchev–Trinajstić information content (AvgIpc) is 3.12. The molecule has 140 valence electrons. The van der Waals surface area contributed by atoms with Crippen molar-refractivity contribution in [2.45, 2.75) is 19.9 Å². The Morgan fingerprint density at radius 3 is 2.43 bits per heavy atom. The van der Waals surface area contributed by atoms with Gasteiger partial charge in [0, 0.05) is 24.0 Å². The molecule has 0 bridgehead atoms. The molecule has 4 aromatic rings. The Hall–Kier alpha value is -3.18. The average molecular weight is 391 g/mol. The first-order chi connectivity index (χ1) is 13.7. The zero-order valence-electron chi connectivity index (χ0n) is 15.4. The number of carbonyl (C=O) groups excluding carboxylic acids is 1. The summed E-state index contributed by atoms with van der Waals surface area (Å²) in [6, 6.07) is 15.9. The van der Waals surface area contributed by atoms with Crippen molar-refractivity contribution in [3.63, 3.8) is 0 Å². The van der Waals surface area contributed by atoms with E-state index in [2.05, 4.69) is 15.3 Å². The van der Waals surface area contributed by atoms with Crippen LogP contribution in [0.2, 0.25) is 5.02 Å². The molecule has 2 heterocycles. The maximum absolute atomic E-state index is 12.8. The van der Waals surface area contributed by atoms with Gasteiger partial charge in [0.2, 0.25) is 0 Å². The van der Waals surface area contributed by atoms with Crippen LogP contribution in [0.1, 0.15) is 28.7 Å². The highest BCUT2D eigenvalue weighted by molar-refractivity contribution is 6.30. The third-order valence-electron chi connectivity index (χ3n) is 4.64. The smallest absolute Gasteiger partial charge is 0.270 e. The first kappa shape index (κ1) is 18.2. The number of benzene rings is 2. The molecule has 0 aliphatic rings. The van der Waals surface area contributed by atoms with Gasteiger partial charge in [0.15, 0.2) is 5.65 Å². The second-order valence-electron chi connectivity index (χ2n) is 6.45. The third-order valence-corrected chi connectivity index (χ3v) is 4.89. The van der Waals surface area contributed by atoms with E-state index >= 15 is 0 Å². The number of amides is 1. The molecule has 2 aromatic heterocycles. The van der Waals surface area contributed by atoms with Gasteiger partial charge in [-0.2, -0.15) is 0 Å². The third kappa shape index (κ3) is 3.62. The lowest BCUT2D eigenvalue weighted by Gasteiger charge is -2.08. The van der Waals surface area contributed by atoms with Crippen molar-refractivity contribution >= 4 is 23.2 Å². The van der Waals surface area contributed by atoms with E-state index in [4.69, 9.17) is 11.6 Å². The van der Waals surface area contributed by atoms with Crippen LogP contribution in [-0.4, -0.2) is 20.3 Å². The molecule has 0 aliphatic heterocycles. The Morgan fingerprint density at radius 1 is 1.07 bits per heavy atom. The molecule has 0 radical (unpaired) electrons. The van der Waals surface area contributed by atoms with Crippen molar-refractivity contribution in [1.29, 1.82) is 0 Å². The number of nitrogens with one attached hydrogen (secondary N) is 1. The van der Waals surface area contributed by atoms with Crippen LogP contribution in [0.5, 0.6) is 0 Å². The number of aryl methyl sites for hydroxylation is 1. The van der Waals surface area contributed by atoms with Crippen molar-refractivity contribution in [1.82, 2.24) is 19.7 Å². The number of aromatic nitrogens is 3. The molecule has 0 unspecified atom stereocenters. The molecule has 6 heteroatoms. The van der Waals surface area contributed by atoms with E-state index in [1.165, 1.54) is 0 Å². The van der Waals surface area contributed by atoms with Crippen LogP contribution in [0.4, 0.5) is 0 Å². The summed E-state index contributed by atoms with van der Waals surface area (Å²) in [5, 5.41) is 3.72. The largest absolute Gasteiger partial charge is 0.347 e. The van der Waals surface area contributed by atoms with Crippen molar-refractivity contribution in [3.05, 3.63) is 89.1 Å². The highest BCUT2D eigenvalue weighted by atomic mass is 35.5. The minimum atomic E-state index is -0.141. The van der Waals surface area contributed by atoms with E-state index in [9.17, 15) is 4.79 Å². The summed E-state index contributed by atoms with van der Waals surface area (Å²) >= 11 is 5.95. The summed E-state index contributed by atoms with van der Waals surface area (Å²) in [5.41, 5.74) is 5.25. The Balaban J connectivity index is 1.49. The fourth-order valence-electron chi connectivity index (χ4n) is 3.17. The Labute approximate surface area is 168 Å². The maximum Gasteiger partial charge on any atom is 0.270 e. The first-order valence-corrected chi connectivity index (χ1v) is 9.47. The lowest BCUT2D eigenvalue weighted by atomic mass is 10.0. The number of carbonyl (C=O) groups is 1. The van der Waals surface area contributed by atoms with Gasteiger partial charge in [-0.15, -0.1) is 0 Å². The lowest BCUT2D eigenvalue weighted by molar-refractivity contribution is 0.0944. The molecule has 0 saturated heterocycles. The van der Waals surface area contributed by atoms with Crippen LogP contribution in [0.15, 0.2) is 67.1 Å². The number of imidazole rings is 1. The number of hydrogen-bond donors (Lipinski definition) is 1. The van der Waals surface area contributed by atoms with Gasteiger partial charge in [-0.3, -0.25) is 14.2 Å². The summed E-state index contributed by atoms with van der Waals surface area (Å²) in [4.78, 5) is 21.3.